The molecule has 2 aromatic rings. The molecule has 2 fully saturated rings. The Bertz CT molecular complexity index is 1170. The predicted octanol–water partition coefficient (Wildman–Crippen LogP) is 4.56. The van der Waals surface area contributed by atoms with Crippen molar-refractivity contribution in [2.45, 2.75) is 57.5 Å². The molecule has 0 bridgehead atoms. The third kappa shape index (κ3) is 4.09. The Balaban J connectivity index is 1.25. The summed E-state index contributed by atoms with van der Waals surface area (Å²) in [5.74, 6) is 3.16. The lowest BCUT2D eigenvalue weighted by molar-refractivity contribution is -0.134. The highest BCUT2D eigenvalue weighted by molar-refractivity contribution is 6.03. The minimum atomic E-state index is -0.309. The molecule has 34 heavy (non-hydrogen) atoms. The van der Waals surface area contributed by atoms with E-state index in [2.05, 4.69) is 13.0 Å². The van der Waals surface area contributed by atoms with Crippen LogP contribution in [0, 0.1) is 17.2 Å². The fourth-order valence-electron chi connectivity index (χ4n) is 4.92. The number of carbonyl (C=O) groups is 2. The maximum atomic E-state index is 13.1. The molecular weight excluding hydrogens is 428 g/mol. The molecule has 0 spiro atoms. The zero-order valence-corrected chi connectivity index (χ0v) is 20.0. The van der Waals surface area contributed by atoms with E-state index < -0.39 is 0 Å². The first-order valence-corrected chi connectivity index (χ1v) is 12.0. The molecule has 3 aliphatic rings. The first-order chi connectivity index (χ1) is 16.4. The Morgan fingerprint density at radius 2 is 1.74 bits per heavy atom. The van der Waals surface area contributed by atoms with Crippen molar-refractivity contribution in [2.24, 2.45) is 5.92 Å². The van der Waals surface area contributed by atoms with E-state index in [4.69, 9.17) is 4.42 Å². The van der Waals surface area contributed by atoms with Crippen LogP contribution in [0.1, 0.15) is 56.5 Å². The van der Waals surface area contributed by atoms with Gasteiger partial charge in [-0.1, -0.05) is 19.1 Å². The number of benzene rings is 1. The molecule has 0 N–H and O–H groups in total. The molecule has 176 valence electrons. The molecular formula is C27H30N4O3. The van der Waals surface area contributed by atoms with E-state index in [0.717, 1.165) is 42.2 Å². The van der Waals surface area contributed by atoms with Crippen molar-refractivity contribution in [1.29, 1.82) is 5.26 Å². The summed E-state index contributed by atoms with van der Waals surface area (Å²) in [6.07, 6.45) is 3.21. The number of nitrogens with zero attached hydrogens (tertiary/aromatic N) is 4. The number of allylic oxidation sites excluding steroid dienone is 1. The standard InChI is InChI=1S/C27H30N4O3/c1-17-14-20(17)25-12-10-19(34-25)16-31(18-8-9-18)26(33)13-11-24(32)21(15-28)27-29(2)22-6-4-5-7-23(22)30(27)3/h4-7,10,12,17-18,20H,8-9,11,13-14,16H2,1-3H3. The summed E-state index contributed by atoms with van der Waals surface area (Å²) in [7, 11) is 3.70. The first-order valence-electron chi connectivity index (χ1n) is 12.0. The number of rotatable bonds is 8. The topological polar surface area (TPSA) is 80.8 Å². The summed E-state index contributed by atoms with van der Waals surface area (Å²) in [5, 5.41) is 9.82. The van der Waals surface area contributed by atoms with Gasteiger partial charge in [0.05, 0.1) is 17.9 Å². The Morgan fingerprint density at radius 3 is 2.29 bits per heavy atom. The van der Waals surface area contributed by atoms with Gasteiger partial charge in [0.25, 0.3) is 0 Å². The zero-order chi connectivity index (χ0) is 24.0. The number of Topliss-reactive ketones (excluding diaryl/α,β-unsaturated/α-hetero) is 1. The summed E-state index contributed by atoms with van der Waals surface area (Å²) in [5.41, 5.74) is 1.96. The molecule has 2 heterocycles. The van der Waals surface area contributed by atoms with E-state index in [0.29, 0.717) is 24.2 Å². The molecule has 5 rings (SSSR count). The van der Waals surface area contributed by atoms with E-state index in [9.17, 15) is 14.9 Å². The monoisotopic (exact) mass is 458 g/mol. The van der Waals surface area contributed by atoms with Crippen LogP contribution in [0.5, 0.6) is 0 Å². The van der Waals surface area contributed by atoms with Crippen molar-refractivity contribution in [3.05, 3.63) is 59.3 Å². The second kappa shape index (κ2) is 8.68. The second-order valence-electron chi connectivity index (χ2n) is 9.72. The van der Waals surface area contributed by atoms with Crippen LogP contribution in [-0.4, -0.2) is 36.7 Å². The Hall–Kier alpha value is -3.53. The third-order valence-electron chi connectivity index (χ3n) is 7.21. The fraction of sp³-hybridized carbons (Fsp3) is 0.444. The van der Waals surface area contributed by atoms with Gasteiger partial charge >= 0.3 is 0 Å². The zero-order valence-electron chi connectivity index (χ0n) is 20.0. The van der Waals surface area contributed by atoms with E-state index in [1.54, 1.807) is 0 Å². The first kappa shape index (κ1) is 22.3. The molecule has 2 saturated carbocycles. The molecule has 0 radical (unpaired) electrons. The lowest BCUT2D eigenvalue weighted by Crippen LogP contribution is -2.33. The van der Waals surface area contributed by atoms with Crippen LogP contribution in [0.2, 0.25) is 0 Å². The summed E-state index contributed by atoms with van der Waals surface area (Å²) in [6, 6.07) is 14.1. The number of para-hydroxylation sites is 2. The molecule has 1 amide bonds. The van der Waals surface area contributed by atoms with Gasteiger partial charge in [-0.05, 0) is 49.4 Å². The molecule has 1 aromatic heterocycles. The van der Waals surface area contributed by atoms with Crippen molar-refractivity contribution in [3.8, 4) is 6.07 Å². The highest BCUT2D eigenvalue weighted by Crippen LogP contribution is 2.47. The largest absolute Gasteiger partial charge is 0.464 e. The quantitative estimate of drug-likeness (QED) is 0.426. The van der Waals surface area contributed by atoms with Crippen molar-refractivity contribution < 1.29 is 14.0 Å². The number of fused-ring (bicyclic) bond motifs is 1. The number of amides is 1. The molecule has 0 saturated heterocycles. The lowest BCUT2D eigenvalue weighted by Gasteiger charge is -2.22. The number of hydrogen-bond acceptors (Lipinski definition) is 6. The van der Waals surface area contributed by atoms with Gasteiger partial charge in [0, 0.05) is 38.9 Å². The van der Waals surface area contributed by atoms with Crippen LogP contribution in [0.25, 0.3) is 0 Å². The van der Waals surface area contributed by atoms with Gasteiger partial charge in [0.15, 0.2) is 5.78 Å². The molecule has 1 aromatic carbocycles. The Kier molecular flexibility index (Phi) is 5.68. The van der Waals surface area contributed by atoms with Gasteiger partial charge in [-0.2, -0.15) is 5.26 Å². The van der Waals surface area contributed by atoms with E-state index in [-0.39, 0.29) is 36.1 Å². The Labute approximate surface area is 200 Å². The van der Waals surface area contributed by atoms with Crippen LogP contribution in [0.15, 0.2) is 52.2 Å². The van der Waals surface area contributed by atoms with E-state index in [1.807, 2.05) is 65.2 Å². The molecule has 7 nitrogen and oxygen atoms in total. The van der Waals surface area contributed by atoms with Crippen LogP contribution >= 0.6 is 0 Å². The molecule has 7 heteroatoms. The number of furan rings is 1. The van der Waals surface area contributed by atoms with E-state index >= 15 is 0 Å². The number of anilines is 2. The van der Waals surface area contributed by atoms with Gasteiger partial charge in [-0.25, -0.2) is 0 Å². The number of ketones is 1. The van der Waals surface area contributed by atoms with Crippen LogP contribution < -0.4 is 9.80 Å². The summed E-state index contributed by atoms with van der Waals surface area (Å²) >= 11 is 0. The lowest BCUT2D eigenvalue weighted by atomic mass is 10.1. The average molecular weight is 459 g/mol. The van der Waals surface area contributed by atoms with Crippen molar-refractivity contribution in [1.82, 2.24) is 4.90 Å². The predicted molar refractivity (Wildman–Crippen MR) is 129 cm³/mol. The minimum Gasteiger partial charge on any atom is -0.464 e. The maximum Gasteiger partial charge on any atom is 0.223 e. The average Bonchev–Trinajstić information content (AvgIpc) is 3.75. The normalized spacial score (nSPS) is 20.7. The van der Waals surface area contributed by atoms with Gasteiger partial charge in [-0.15, -0.1) is 0 Å². The minimum absolute atomic E-state index is 0.00939. The number of nitriles is 1. The van der Waals surface area contributed by atoms with Gasteiger partial charge in [0.1, 0.15) is 29.0 Å². The van der Waals surface area contributed by atoms with Crippen LogP contribution in [-0.2, 0) is 16.1 Å². The van der Waals surface area contributed by atoms with Gasteiger partial charge in [-0.3, -0.25) is 9.59 Å². The molecule has 1 aliphatic heterocycles. The number of hydrogen-bond donors (Lipinski definition) is 0. The molecule has 2 aliphatic carbocycles. The summed E-state index contributed by atoms with van der Waals surface area (Å²) < 4.78 is 6.02. The van der Waals surface area contributed by atoms with Crippen molar-refractivity contribution >= 4 is 23.1 Å². The van der Waals surface area contributed by atoms with Gasteiger partial charge in [0.2, 0.25) is 5.91 Å². The van der Waals surface area contributed by atoms with Crippen LogP contribution in [0.3, 0.4) is 0 Å². The SMILES string of the molecule is CC1CC1c1ccc(CN(C(=O)CCC(=O)C(C#N)=C2N(C)c3ccccc3N2C)C2CC2)o1. The summed E-state index contributed by atoms with van der Waals surface area (Å²) in [6.45, 7) is 2.65. The second-order valence-corrected chi connectivity index (χ2v) is 9.72. The third-order valence-corrected chi connectivity index (χ3v) is 7.21. The fourth-order valence-corrected chi connectivity index (χ4v) is 4.92. The highest BCUT2D eigenvalue weighted by Gasteiger charge is 2.38. The molecule has 2 atom stereocenters. The van der Waals surface area contributed by atoms with E-state index in [1.165, 1.54) is 0 Å². The number of carbonyl (C=O) groups excluding carboxylic acids is 2. The smallest absolute Gasteiger partial charge is 0.223 e. The highest BCUT2D eigenvalue weighted by atomic mass is 16.3. The molecule has 2 unspecified atom stereocenters. The van der Waals surface area contributed by atoms with Crippen molar-refractivity contribution in [2.75, 3.05) is 23.9 Å². The maximum absolute atomic E-state index is 13.1. The van der Waals surface area contributed by atoms with Crippen LogP contribution in [0.4, 0.5) is 11.4 Å². The van der Waals surface area contributed by atoms with Gasteiger partial charge < -0.3 is 19.1 Å². The Morgan fingerprint density at radius 1 is 1.09 bits per heavy atom. The van der Waals surface area contributed by atoms with Crippen molar-refractivity contribution in [3.63, 3.8) is 0 Å². The summed E-state index contributed by atoms with van der Waals surface area (Å²) in [4.78, 5) is 31.7.